The quantitative estimate of drug-likeness (QED) is 0.664. The first-order valence-corrected chi connectivity index (χ1v) is 6.87. The molecule has 0 aliphatic carbocycles. The van der Waals surface area contributed by atoms with Gasteiger partial charge in [0.05, 0.1) is 35.8 Å². The lowest BCUT2D eigenvalue weighted by Gasteiger charge is -2.09. The van der Waals surface area contributed by atoms with Crippen LogP contribution in [0.1, 0.15) is 10.4 Å². The van der Waals surface area contributed by atoms with Gasteiger partial charge in [0.1, 0.15) is 17.3 Å². The second-order valence-corrected chi connectivity index (χ2v) is 5.10. The number of esters is 1. The Hall–Kier alpha value is -2.60. The maximum atomic E-state index is 14.0. The molecule has 0 atom stereocenters. The molecule has 23 heavy (non-hydrogen) atoms. The van der Waals surface area contributed by atoms with Crippen molar-refractivity contribution in [2.45, 2.75) is 0 Å². The normalized spacial score (nSPS) is 10.8. The molecular formula is C16H9ClF2N2O2. The minimum atomic E-state index is -0.597. The van der Waals surface area contributed by atoms with Crippen LogP contribution in [-0.4, -0.2) is 23.0 Å². The van der Waals surface area contributed by atoms with Crippen molar-refractivity contribution in [2.75, 3.05) is 7.11 Å². The number of nitrogens with zero attached hydrogens (tertiary/aromatic N) is 2. The maximum absolute atomic E-state index is 14.0. The summed E-state index contributed by atoms with van der Waals surface area (Å²) in [4.78, 5) is 19.6. The van der Waals surface area contributed by atoms with Gasteiger partial charge in [-0.2, -0.15) is 0 Å². The van der Waals surface area contributed by atoms with Gasteiger partial charge in [-0.25, -0.2) is 18.6 Å². The van der Waals surface area contributed by atoms with Crippen molar-refractivity contribution < 1.29 is 18.3 Å². The van der Waals surface area contributed by atoms with Gasteiger partial charge in [0.25, 0.3) is 0 Å². The molecule has 0 bridgehead atoms. The highest BCUT2D eigenvalue weighted by Gasteiger charge is 2.16. The fourth-order valence-electron chi connectivity index (χ4n) is 2.23. The predicted molar refractivity (Wildman–Crippen MR) is 81.2 cm³/mol. The summed E-state index contributed by atoms with van der Waals surface area (Å²) in [7, 11) is 1.25. The lowest BCUT2D eigenvalue weighted by atomic mass is 10.0. The van der Waals surface area contributed by atoms with Crippen molar-refractivity contribution in [3.8, 4) is 11.4 Å². The van der Waals surface area contributed by atoms with Gasteiger partial charge in [0, 0.05) is 10.8 Å². The van der Waals surface area contributed by atoms with E-state index in [4.69, 9.17) is 11.6 Å². The van der Waals surface area contributed by atoms with Crippen LogP contribution in [0.15, 0.2) is 36.7 Å². The van der Waals surface area contributed by atoms with Crippen molar-refractivity contribution in [1.82, 2.24) is 9.97 Å². The Balaban J connectivity index is 2.31. The number of carbonyl (C=O) groups excluding carboxylic acids is 1. The SMILES string of the molecule is COC(=O)c1ccc2c(F)cnc(-c3ncc(F)cc3Cl)c2c1. The minimum Gasteiger partial charge on any atom is -0.465 e. The summed E-state index contributed by atoms with van der Waals surface area (Å²) in [6.45, 7) is 0. The smallest absolute Gasteiger partial charge is 0.337 e. The number of benzene rings is 1. The number of hydrogen-bond acceptors (Lipinski definition) is 4. The van der Waals surface area contributed by atoms with Crippen LogP contribution < -0.4 is 0 Å². The highest BCUT2D eigenvalue weighted by Crippen LogP contribution is 2.32. The number of halogens is 3. The van der Waals surface area contributed by atoms with Crippen molar-refractivity contribution in [3.05, 3.63) is 58.9 Å². The van der Waals surface area contributed by atoms with Crippen molar-refractivity contribution >= 4 is 28.3 Å². The molecule has 2 heterocycles. The molecule has 1 aromatic carbocycles. The van der Waals surface area contributed by atoms with Gasteiger partial charge in [0.15, 0.2) is 0 Å². The molecule has 0 spiro atoms. The van der Waals surface area contributed by atoms with Gasteiger partial charge in [-0.1, -0.05) is 17.7 Å². The van der Waals surface area contributed by atoms with E-state index in [1.807, 2.05) is 0 Å². The van der Waals surface area contributed by atoms with E-state index in [-0.39, 0.29) is 27.4 Å². The van der Waals surface area contributed by atoms with Crippen molar-refractivity contribution in [1.29, 1.82) is 0 Å². The second-order valence-electron chi connectivity index (χ2n) is 4.69. The molecule has 0 fully saturated rings. The zero-order valence-electron chi connectivity index (χ0n) is 11.8. The van der Waals surface area contributed by atoms with Crippen LogP contribution >= 0.6 is 11.6 Å². The molecular weight excluding hydrogens is 326 g/mol. The molecule has 3 rings (SSSR count). The third kappa shape index (κ3) is 2.73. The summed E-state index contributed by atoms with van der Waals surface area (Å²) in [5.74, 6) is -1.72. The zero-order valence-corrected chi connectivity index (χ0v) is 12.6. The molecule has 0 N–H and O–H groups in total. The van der Waals surface area contributed by atoms with Crippen molar-refractivity contribution in [2.24, 2.45) is 0 Å². The molecule has 116 valence electrons. The van der Waals surface area contributed by atoms with Gasteiger partial charge in [-0.05, 0) is 18.2 Å². The number of ether oxygens (including phenoxy) is 1. The third-order valence-corrected chi connectivity index (χ3v) is 3.58. The Morgan fingerprint density at radius 3 is 2.52 bits per heavy atom. The summed E-state index contributed by atoms with van der Waals surface area (Å²) in [5, 5.41) is 0.604. The summed E-state index contributed by atoms with van der Waals surface area (Å²) in [6, 6.07) is 5.42. The van der Waals surface area contributed by atoms with Gasteiger partial charge in [-0.3, -0.25) is 4.98 Å². The average Bonchev–Trinajstić information content (AvgIpc) is 2.55. The maximum Gasteiger partial charge on any atom is 0.337 e. The molecule has 2 aromatic heterocycles. The van der Waals surface area contributed by atoms with Gasteiger partial charge < -0.3 is 4.74 Å². The summed E-state index contributed by atoms with van der Waals surface area (Å²) in [5.41, 5.74) is 0.670. The Bertz CT molecular complexity index is 931. The van der Waals surface area contributed by atoms with Crippen LogP contribution in [0.3, 0.4) is 0 Å². The van der Waals surface area contributed by atoms with E-state index in [9.17, 15) is 13.6 Å². The van der Waals surface area contributed by atoms with E-state index in [1.54, 1.807) is 0 Å². The van der Waals surface area contributed by atoms with E-state index in [1.165, 1.54) is 25.3 Å². The first kappa shape index (κ1) is 15.3. The number of hydrogen-bond donors (Lipinski definition) is 0. The Labute approximate surface area is 134 Å². The third-order valence-electron chi connectivity index (χ3n) is 3.29. The van der Waals surface area contributed by atoms with Gasteiger partial charge in [0.2, 0.25) is 0 Å². The molecule has 0 saturated carbocycles. The minimum absolute atomic E-state index is 0.0360. The molecule has 4 nitrogen and oxygen atoms in total. The summed E-state index contributed by atoms with van der Waals surface area (Å²) >= 11 is 6.01. The van der Waals surface area contributed by atoms with Crippen molar-refractivity contribution in [3.63, 3.8) is 0 Å². The van der Waals surface area contributed by atoms with Crippen LogP contribution in [0.2, 0.25) is 5.02 Å². The molecule has 0 amide bonds. The lowest BCUT2D eigenvalue weighted by Crippen LogP contribution is -2.02. The highest BCUT2D eigenvalue weighted by molar-refractivity contribution is 6.33. The van der Waals surface area contributed by atoms with E-state index >= 15 is 0 Å². The van der Waals surface area contributed by atoms with E-state index in [2.05, 4.69) is 14.7 Å². The number of methoxy groups -OCH3 is 1. The van der Waals surface area contributed by atoms with Crippen LogP contribution in [0.25, 0.3) is 22.2 Å². The second kappa shape index (κ2) is 5.89. The molecule has 7 heteroatoms. The number of aromatic nitrogens is 2. The monoisotopic (exact) mass is 334 g/mol. The van der Waals surface area contributed by atoms with E-state index in [0.717, 1.165) is 18.5 Å². The topological polar surface area (TPSA) is 52.1 Å². The number of fused-ring (bicyclic) bond motifs is 1. The predicted octanol–water partition coefficient (Wildman–Crippen LogP) is 4.02. The molecule has 0 aliphatic heterocycles. The fourth-order valence-corrected chi connectivity index (χ4v) is 2.47. The molecule has 0 unspecified atom stereocenters. The highest BCUT2D eigenvalue weighted by atomic mass is 35.5. The summed E-state index contributed by atoms with van der Waals surface area (Å²) in [6.07, 6.45) is 2.01. The molecule has 0 radical (unpaired) electrons. The van der Waals surface area contributed by atoms with Crippen LogP contribution in [0.5, 0.6) is 0 Å². The Kier molecular flexibility index (Phi) is 3.92. The summed E-state index contributed by atoms with van der Waals surface area (Å²) < 4.78 is 31.8. The van der Waals surface area contributed by atoms with Crippen LogP contribution in [0.4, 0.5) is 8.78 Å². The van der Waals surface area contributed by atoms with Gasteiger partial charge >= 0.3 is 5.97 Å². The first-order valence-electron chi connectivity index (χ1n) is 6.49. The number of rotatable bonds is 2. The standard InChI is InChI=1S/C16H9ClF2N2O2/c1-23-16(22)8-2-3-10-11(4-8)14(21-7-13(10)19)15-12(17)5-9(18)6-20-15/h2-7H,1H3. The van der Waals surface area contributed by atoms with E-state index < -0.39 is 17.6 Å². The van der Waals surface area contributed by atoms with Crippen LogP contribution in [0, 0.1) is 11.6 Å². The van der Waals surface area contributed by atoms with E-state index in [0.29, 0.717) is 5.39 Å². The average molecular weight is 335 g/mol. The molecule has 3 aromatic rings. The number of pyridine rings is 2. The Morgan fingerprint density at radius 1 is 1.09 bits per heavy atom. The van der Waals surface area contributed by atoms with Crippen LogP contribution in [-0.2, 0) is 4.74 Å². The number of carbonyl (C=O) groups is 1. The fraction of sp³-hybridized carbons (Fsp3) is 0.0625. The van der Waals surface area contributed by atoms with Gasteiger partial charge in [-0.15, -0.1) is 0 Å². The zero-order chi connectivity index (χ0) is 16.6. The Morgan fingerprint density at radius 2 is 1.83 bits per heavy atom. The molecule has 0 aliphatic rings. The largest absolute Gasteiger partial charge is 0.465 e. The molecule has 0 saturated heterocycles. The lowest BCUT2D eigenvalue weighted by molar-refractivity contribution is 0.0601. The first-order chi connectivity index (χ1) is 11.0.